The van der Waals surface area contributed by atoms with Gasteiger partial charge < -0.3 is 14.8 Å². The molecule has 29 heavy (non-hydrogen) atoms. The van der Waals surface area contributed by atoms with Gasteiger partial charge in [-0.15, -0.1) is 0 Å². The zero-order valence-corrected chi connectivity index (χ0v) is 16.3. The summed E-state index contributed by atoms with van der Waals surface area (Å²) in [5.41, 5.74) is 2.56. The maximum Gasteiger partial charge on any atom is 0.269 e. The lowest BCUT2D eigenvalue weighted by Gasteiger charge is -2.16. The molecule has 7 heteroatoms. The highest BCUT2D eigenvalue weighted by molar-refractivity contribution is 5.93. The first-order valence-corrected chi connectivity index (χ1v) is 9.69. The molecule has 4 rings (SSSR count). The van der Waals surface area contributed by atoms with Crippen LogP contribution in [0.5, 0.6) is 5.75 Å². The lowest BCUT2D eigenvalue weighted by atomic mass is 10.2. The van der Waals surface area contributed by atoms with Crippen molar-refractivity contribution in [2.24, 2.45) is 0 Å². The van der Waals surface area contributed by atoms with Crippen molar-refractivity contribution in [1.82, 2.24) is 9.55 Å². The van der Waals surface area contributed by atoms with Crippen molar-refractivity contribution in [3.05, 3.63) is 64.6 Å². The van der Waals surface area contributed by atoms with Crippen LogP contribution in [0, 0.1) is 6.92 Å². The predicted molar refractivity (Wildman–Crippen MR) is 110 cm³/mol. The highest BCUT2D eigenvalue weighted by Gasteiger charge is 2.18. The van der Waals surface area contributed by atoms with E-state index in [9.17, 15) is 9.59 Å². The van der Waals surface area contributed by atoms with E-state index in [0.29, 0.717) is 29.1 Å². The van der Waals surface area contributed by atoms with E-state index >= 15 is 0 Å². The molecule has 0 aliphatic carbocycles. The van der Waals surface area contributed by atoms with E-state index in [1.54, 1.807) is 12.1 Å². The summed E-state index contributed by atoms with van der Waals surface area (Å²) in [6, 6.07) is 12.8. The molecule has 2 aromatic carbocycles. The third-order valence-corrected chi connectivity index (χ3v) is 4.91. The molecule has 1 amide bonds. The fourth-order valence-corrected chi connectivity index (χ4v) is 3.42. The number of fused-ring (bicyclic) bond motifs is 1. The topological polar surface area (TPSA) is 82.5 Å². The molecule has 0 radical (unpaired) electrons. The monoisotopic (exact) mass is 393 g/mol. The number of carbonyl (C=O) groups excluding carboxylic acids is 1. The molecule has 0 bridgehead atoms. The minimum atomic E-state index is -0.322. The second-order valence-electron chi connectivity index (χ2n) is 7.17. The van der Waals surface area contributed by atoms with E-state index in [0.717, 1.165) is 25.0 Å². The van der Waals surface area contributed by atoms with Crippen molar-refractivity contribution in [3.63, 3.8) is 0 Å². The molecule has 1 aromatic heterocycles. The predicted octanol–water partition coefficient (Wildman–Crippen LogP) is 2.90. The SMILES string of the molecule is Cc1ccc(NC(=O)Cn2c(=O)cnc3ccccc32)c(OCC2CCCO2)c1. The molecule has 3 aromatic rings. The third kappa shape index (κ3) is 4.46. The standard InChI is InChI=1S/C22H23N3O4/c1-15-8-9-18(20(11-15)29-14-16-5-4-10-28-16)24-21(26)13-25-19-7-3-2-6-17(19)23-12-22(25)27/h2-3,6-9,11-12,16H,4-5,10,13-14H2,1H3,(H,24,26). The van der Waals surface area contributed by atoms with Crippen molar-refractivity contribution >= 4 is 22.6 Å². The van der Waals surface area contributed by atoms with E-state index in [1.807, 2.05) is 37.3 Å². The summed E-state index contributed by atoms with van der Waals surface area (Å²) >= 11 is 0. The molecule has 7 nitrogen and oxygen atoms in total. The Balaban J connectivity index is 1.51. The quantitative estimate of drug-likeness (QED) is 0.696. The molecule has 0 saturated carbocycles. The van der Waals surface area contributed by atoms with Gasteiger partial charge in [-0.25, -0.2) is 4.98 Å². The average Bonchev–Trinajstić information content (AvgIpc) is 3.24. The Morgan fingerprint density at radius 3 is 3.00 bits per heavy atom. The van der Waals surface area contributed by atoms with Gasteiger partial charge in [-0.2, -0.15) is 0 Å². The Morgan fingerprint density at radius 2 is 2.17 bits per heavy atom. The Bertz CT molecular complexity index is 1090. The highest BCUT2D eigenvalue weighted by Crippen LogP contribution is 2.27. The summed E-state index contributed by atoms with van der Waals surface area (Å²) in [7, 11) is 0. The van der Waals surface area contributed by atoms with E-state index in [1.165, 1.54) is 10.8 Å². The van der Waals surface area contributed by atoms with E-state index in [-0.39, 0.29) is 24.1 Å². The van der Waals surface area contributed by atoms with Gasteiger partial charge in [0.25, 0.3) is 5.56 Å². The maximum atomic E-state index is 12.7. The fourth-order valence-electron chi connectivity index (χ4n) is 3.42. The number of hydrogen-bond acceptors (Lipinski definition) is 5. The molecule has 1 fully saturated rings. The van der Waals surface area contributed by atoms with E-state index in [4.69, 9.17) is 9.47 Å². The molecule has 1 unspecified atom stereocenters. The van der Waals surface area contributed by atoms with Crippen LogP contribution in [-0.4, -0.2) is 34.8 Å². The maximum absolute atomic E-state index is 12.7. The number of carbonyl (C=O) groups is 1. The average molecular weight is 393 g/mol. The molecule has 1 atom stereocenters. The number of nitrogens with one attached hydrogen (secondary N) is 1. The summed E-state index contributed by atoms with van der Waals surface area (Å²) in [4.78, 5) is 29.1. The fraction of sp³-hybridized carbons (Fsp3) is 0.318. The van der Waals surface area contributed by atoms with Crippen LogP contribution >= 0.6 is 0 Å². The number of aryl methyl sites for hydroxylation is 1. The molecular formula is C22H23N3O4. The summed E-state index contributed by atoms with van der Waals surface area (Å²) in [5, 5.41) is 2.87. The smallest absolute Gasteiger partial charge is 0.269 e. The van der Waals surface area contributed by atoms with Crippen LogP contribution in [0.1, 0.15) is 18.4 Å². The molecule has 150 valence electrons. The zero-order valence-electron chi connectivity index (χ0n) is 16.3. The minimum Gasteiger partial charge on any atom is -0.489 e. The van der Waals surface area contributed by atoms with Gasteiger partial charge in [0.05, 0.1) is 29.0 Å². The van der Waals surface area contributed by atoms with Crippen LogP contribution in [-0.2, 0) is 16.1 Å². The van der Waals surface area contributed by atoms with Crippen LogP contribution < -0.4 is 15.6 Å². The second kappa shape index (κ2) is 8.45. The Morgan fingerprint density at radius 1 is 1.31 bits per heavy atom. The molecule has 1 aliphatic heterocycles. The normalized spacial score (nSPS) is 16.1. The van der Waals surface area contributed by atoms with Crippen molar-refractivity contribution in [1.29, 1.82) is 0 Å². The second-order valence-corrected chi connectivity index (χ2v) is 7.17. The van der Waals surface area contributed by atoms with Crippen molar-refractivity contribution in [2.75, 3.05) is 18.5 Å². The zero-order chi connectivity index (χ0) is 20.2. The number of para-hydroxylation sites is 2. The van der Waals surface area contributed by atoms with Crippen molar-refractivity contribution < 1.29 is 14.3 Å². The van der Waals surface area contributed by atoms with Gasteiger partial charge in [-0.3, -0.25) is 14.2 Å². The van der Waals surface area contributed by atoms with Gasteiger partial charge in [-0.05, 0) is 49.6 Å². The van der Waals surface area contributed by atoms with Crippen LogP contribution in [0.15, 0.2) is 53.5 Å². The largest absolute Gasteiger partial charge is 0.489 e. The number of nitrogens with zero attached hydrogens (tertiary/aromatic N) is 2. The first-order chi connectivity index (χ1) is 14.1. The lowest BCUT2D eigenvalue weighted by molar-refractivity contribution is -0.116. The van der Waals surface area contributed by atoms with Gasteiger partial charge in [0.2, 0.25) is 5.91 Å². The molecule has 2 heterocycles. The van der Waals surface area contributed by atoms with Gasteiger partial charge in [0, 0.05) is 6.61 Å². The van der Waals surface area contributed by atoms with Gasteiger partial charge >= 0.3 is 0 Å². The van der Waals surface area contributed by atoms with E-state index < -0.39 is 0 Å². The molecule has 1 aliphatic rings. The molecule has 1 saturated heterocycles. The first-order valence-electron chi connectivity index (χ1n) is 9.69. The van der Waals surface area contributed by atoms with Gasteiger partial charge in [-0.1, -0.05) is 18.2 Å². The third-order valence-electron chi connectivity index (χ3n) is 4.91. The van der Waals surface area contributed by atoms with E-state index in [2.05, 4.69) is 10.3 Å². The summed E-state index contributed by atoms with van der Waals surface area (Å²) in [6.45, 7) is 3.06. The molecule has 1 N–H and O–H groups in total. The highest BCUT2D eigenvalue weighted by atomic mass is 16.5. The number of amides is 1. The number of rotatable bonds is 6. The summed E-state index contributed by atoms with van der Waals surface area (Å²) in [5.74, 6) is 0.287. The Labute approximate surface area is 168 Å². The van der Waals surface area contributed by atoms with Crippen molar-refractivity contribution in [3.8, 4) is 5.75 Å². The number of ether oxygens (including phenoxy) is 2. The molecular weight excluding hydrogens is 370 g/mol. The summed E-state index contributed by atoms with van der Waals surface area (Å²) in [6.07, 6.45) is 3.34. The van der Waals surface area contributed by atoms with Crippen molar-refractivity contribution in [2.45, 2.75) is 32.4 Å². The van der Waals surface area contributed by atoms with Crippen LogP contribution in [0.4, 0.5) is 5.69 Å². The Hall–Kier alpha value is -3.19. The van der Waals surface area contributed by atoms with Gasteiger partial charge in [0.1, 0.15) is 18.9 Å². The van der Waals surface area contributed by atoms with Gasteiger partial charge in [0.15, 0.2) is 0 Å². The number of hydrogen-bond donors (Lipinski definition) is 1. The number of benzene rings is 2. The Kier molecular flexibility index (Phi) is 5.57. The lowest BCUT2D eigenvalue weighted by Crippen LogP contribution is -2.28. The van der Waals surface area contributed by atoms with Crippen LogP contribution in [0.2, 0.25) is 0 Å². The van der Waals surface area contributed by atoms with Crippen LogP contribution in [0.3, 0.4) is 0 Å². The number of aromatic nitrogens is 2. The molecule has 0 spiro atoms. The first kappa shape index (κ1) is 19.1. The minimum absolute atomic E-state index is 0.0841. The summed E-state index contributed by atoms with van der Waals surface area (Å²) < 4.78 is 12.9. The van der Waals surface area contributed by atoms with Crippen LogP contribution in [0.25, 0.3) is 11.0 Å². The number of anilines is 1.